The van der Waals surface area contributed by atoms with Crippen LogP contribution in [0.1, 0.15) is 33.1 Å². The second kappa shape index (κ2) is 4.24. The maximum Gasteiger partial charge on any atom is 0.0608 e. The molecule has 0 spiro atoms. The van der Waals surface area contributed by atoms with Crippen LogP contribution in [0.3, 0.4) is 0 Å². The summed E-state index contributed by atoms with van der Waals surface area (Å²) in [6.45, 7) is 4.87. The third-order valence-corrected chi connectivity index (χ3v) is 3.21. The minimum Gasteiger partial charge on any atom is -0.393 e. The zero-order valence-electron chi connectivity index (χ0n) is 8.16. The Bertz CT molecular complexity index is 128. The summed E-state index contributed by atoms with van der Waals surface area (Å²) in [6.07, 6.45) is 3.43. The van der Waals surface area contributed by atoms with Crippen LogP contribution in [-0.4, -0.2) is 17.8 Å². The van der Waals surface area contributed by atoms with E-state index in [1.807, 2.05) is 0 Å². The van der Waals surface area contributed by atoms with Gasteiger partial charge >= 0.3 is 0 Å². The molecule has 1 rings (SSSR count). The number of aliphatic hydroxyl groups excluding tert-OH is 1. The Morgan fingerprint density at radius 3 is 2.42 bits per heavy atom. The van der Waals surface area contributed by atoms with E-state index in [0.717, 1.165) is 12.3 Å². The molecule has 2 heteroatoms. The van der Waals surface area contributed by atoms with Crippen molar-refractivity contribution in [1.29, 1.82) is 0 Å². The van der Waals surface area contributed by atoms with Crippen LogP contribution in [0, 0.1) is 17.8 Å². The second-order valence-electron chi connectivity index (χ2n) is 4.09. The van der Waals surface area contributed by atoms with Crippen molar-refractivity contribution in [3.8, 4) is 0 Å². The lowest BCUT2D eigenvalue weighted by Crippen LogP contribution is -2.33. The molecular weight excluding hydrogens is 150 g/mol. The van der Waals surface area contributed by atoms with Gasteiger partial charge in [-0.3, -0.25) is 0 Å². The molecule has 0 amide bonds. The second-order valence-corrected chi connectivity index (χ2v) is 4.09. The average molecular weight is 171 g/mol. The summed E-state index contributed by atoms with van der Waals surface area (Å²) in [5.41, 5.74) is 5.58. The summed E-state index contributed by atoms with van der Waals surface area (Å²) in [4.78, 5) is 0. The summed E-state index contributed by atoms with van der Waals surface area (Å²) < 4.78 is 0. The fourth-order valence-electron chi connectivity index (χ4n) is 1.88. The van der Waals surface area contributed by atoms with Gasteiger partial charge in [0.2, 0.25) is 0 Å². The Morgan fingerprint density at radius 2 is 2.08 bits per heavy atom. The number of hydrogen-bond acceptors (Lipinski definition) is 2. The molecule has 0 saturated heterocycles. The van der Waals surface area contributed by atoms with E-state index in [9.17, 15) is 5.11 Å². The van der Waals surface area contributed by atoms with E-state index in [0.29, 0.717) is 18.4 Å². The van der Waals surface area contributed by atoms with Gasteiger partial charge in [0.1, 0.15) is 0 Å². The van der Waals surface area contributed by atoms with Crippen molar-refractivity contribution in [3.63, 3.8) is 0 Å². The zero-order chi connectivity index (χ0) is 9.14. The first-order valence-corrected chi connectivity index (χ1v) is 5.08. The molecule has 12 heavy (non-hydrogen) atoms. The monoisotopic (exact) mass is 171 g/mol. The van der Waals surface area contributed by atoms with E-state index >= 15 is 0 Å². The van der Waals surface area contributed by atoms with Gasteiger partial charge in [0.25, 0.3) is 0 Å². The Morgan fingerprint density at radius 1 is 1.50 bits per heavy atom. The quantitative estimate of drug-likeness (QED) is 0.656. The molecule has 0 aliphatic heterocycles. The minimum atomic E-state index is -0.174. The van der Waals surface area contributed by atoms with E-state index in [1.165, 1.54) is 12.8 Å². The van der Waals surface area contributed by atoms with Gasteiger partial charge in [-0.05, 0) is 43.6 Å². The summed E-state index contributed by atoms with van der Waals surface area (Å²) in [5, 5.41) is 9.91. The highest BCUT2D eigenvalue weighted by atomic mass is 16.3. The zero-order valence-corrected chi connectivity index (χ0v) is 8.16. The highest BCUT2D eigenvalue weighted by Gasteiger charge is 2.34. The summed E-state index contributed by atoms with van der Waals surface area (Å²) >= 11 is 0. The van der Waals surface area contributed by atoms with Crippen LogP contribution in [0.2, 0.25) is 0 Å². The van der Waals surface area contributed by atoms with Crippen LogP contribution in [-0.2, 0) is 0 Å². The summed E-state index contributed by atoms with van der Waals surface area (Å²) in [5.74, 6) is 1.54. The van der Waals surface area contributed by atoms with Crippen molar-refractivity contribution in [2.45, 2.75) is 39.2 Å². The lowest BCUT2D eigenvalue weighted by molar-refractivity contribution is 0.0498. The first kappa shape index (κ1) is 10.0. The predicted molar refractivity (Wildman–Crippen MR) is 50.7 cm³/mol. The molecule has 0 aromatic carbocycles. The van der Waals surface area contributed by atoms with Gasteiger partial charge in [0, 0.05) is 0 Å². The Kier molecular flexibility index (Phi) is 3.53. The largest absolute Gasteiger partial charge is 0.393 e. The van der Waals surface area contributed by atoms with Crippen molar-refractivity contribution in [2.24, 2.45) is 23.5 Å². The van der Waals surface area contributed by atoms with Gasteiger partial charge in [-0.1, -0.05) is 13.8 Å². The van der Waals surface area contributed by atoms with Crippen LogP contribution in [0.4, 0.5) is 0 Å². The SMILES string of the molecule is CCC(CN)C(O)C(C)C1CC1. The van der Waals surface area contributed by atoms with Crippen molar-refractivity contribution in [1.82, 2.24) is 0 Å². The normalized spacial score (nSPS) is 25.0. The molecule has 3 unspecified atom stereocenters. The Hall–Kier alpha value is -0.0800. The molecule has 0 aromatic rings. The van der Waals surface area contributed by atoms with Gasteiger partial charge < -0.3 is 10.8 Å². The predicted octanol–water partition coefficient (Wildman–Crippen LogP) is 1.38. The smallest absolute Gasteiger partial charge is 0.0608 e. The highest BCUT2D eigenvalue weighted by Crippen LogP contribution is 2.39. The molecule has 1 aliphatic carbocycles. The van der Waals surface area contributed by atoms with Gasteiger partial charge in [-0.2, -0.15) is 0 Å². The summed E-state index contributed by atoms with van der Waals surface area (Å²) in [7, 11) is 0. The number of nitrogens with two attached hydrogens (primary N) is 1. The number of hydrogen-bond donors (Lipinski definition) is 2. The van der Waals surface area contributed by atoms with Crippen LogP contribution in [0.5, 0.6) is 0 Å². The van der Waals surface area contributed by atoms with Crippen molar-refractivity contribution in [3.05, 3.63) is 0 Å². The van der Waals surface area contributed by atoms with E-state index in [1.54, 1.807) is 0 Å². The number of rotatable bonds is 5. The molecule has 3 atom stereocenters. The molecule has 1 saturated carbocycles. The number of aliphatic hydroxyl groups is 1. The average Bonchev–Trinajstić information content (AvgIpc) is 2.87. The van der Waals surface area contributed by atoms with E-state index < -0.39 is 0 Å². The molecule has 1 fully saturated rings. The minimum absolute atomic E-state index is 0.174. The maximum absolute atomic E-state index is 9.91. The van der Waals surface area contributed by atoms with E-state index in [-0.39, 0.29) is 6.10 Å². The lowest BCUT2D eigenvalue weighted by Gasteiger charge is -2.25. The molecule has 72 valence electrons. The molecule has 0 radical (unpaired) electrons. The molecular formula is C10H21NO. The molecule has 1 aliphatic rings. The molecule has 0 bridgehead atoms. The third kappa shape index (κ3) is 2.20. The fourth-order valence-corrected chi connectivity index (χ4v) is 1.88. The molecule has 2 nitrogen and oxygen atoms in total. The van der Waals surface area contributed by atoms with Crippen molar-refractivity contribution in [2.75, 3.05) is 6.54 Å². The van der Waals surface area contributed by atoms with Crippen molar-refractivity contribution < 1.29 is 5.11 Å². The van der Waals surface area contributed by atoms with Crippen LogP contribution >= 0.6 is 0 Å². The standard InChI is InChI=1S/C10H21NO/c1-3-8(6-11)10(12)7(2)9-4-5-9/h7-10,12H,3-6,11H2,1-2H3. The third-order valence-electron chi connectivity index (χ3n) is 3.21. The highest BCUT2D eigenvalue weighted by molar-refractivity contribution is 4.85. The molecule has 0 aromatic heterocycles. The van der Waals surface area contributed by atoms with Crippen LogP contribution in [0.25, 0.3) is 0 Å². The van der Waals surface area contributed by atoms with Gasteiger partial charge in [0.05, 0.1) is 6.10 Å². The van der Waals surface area contributed by atoms with Crippen molar-refractivity contribution >= 4 is 0 Å². The van der Waals surface area contributed by atoms with Gasteiger partial charge in [-0.25, -0.2) is 0 Å². The first-order chi connectivity index (χ1) is 5.70. The Labute approximate surface area is 75.2 Å². The van der Waals surface area contributed by atoms with E-state index in [2.05, 4.69) is 13.8 Å². The maximum atomic E-state index is 9.91. The van der Waals surface area contributed by atoms with Crippen LogP contribution < -0.4 is 5.73 Å². The van der Waals surface area contributed by atoms with Gasteiger partial charge in [-0.15, -0.1) is 0 Å². The fraction of sp³-hybridized carbons (Fsp3) is 1.00. The molecule has 0 heterocycles. The lowest BCUT2D eigenvalue weighted by atomic mass is 9.87. The Balaban J connectivity index is 2.36. The van der Waals surface area contributed by atoms with Crippen LogP contribution in [0.15, 0.2) is 0 Å². The first-order valence-electron chi connectivity index (χ1n) is 5.08. The summed E-state index contributed by atoms with van der Waals surface area (Å²) in [6, 6.07) is 0. The van der Waals surface area contributed by atoms with Gasteiger partial charge in [0.15, 0.2) is 0 Å². The topological polar surface area (TPSA) is 46.2 Å². The van der Waals surface area contributed by atoms with E-state index in [4.69, 9.17) is 5.73 Å². The molecule has 3 N–H and O–H groups in total.